The Morgan fingerprint density at radius 3 is 2.48 bits per heavy atom. The van der Waals surface area contributed by atoms with Gasteiger partial charge in [0.15, 0.2) is 11.3 Å². The molecule has 3 aromatic rings. The summed E-state index contributed by atoms with van der Waals surface area (Å²) in [6.45, 7) is 5.15. The standard InChI is InChI=1S/C22H23F3N2O5S/c1-4-31-17-10-7-8-15-12-18(32-20(15)17)13(2)26-21(28)14(3)27-33(29,30)19-11-6-5-9-16(19)22(23,24)25/h5-14,27H,4H2,1-3H3,(H,26,28)/t13?,14-/m0/s1. The van der Waals surface area contributed by atoms with Crippen molar-refractivity contribution in [3.63, 3.8) is 0 Å². The van der Waals surface area contributed by atoms with E-state index in [1.807, 2.05) is 17.7 Å². The summed E-state index contributed by atoms with van der Waals surface area (Å²) < 4.78 is 78.1. The van der Waals surface area contributed by atoms with E-state index in [1.165, 1.54) is 13.0 Å². The van der Waals surface area contributed by atoms with Crippen molar-refractivity contribution >= 4 is 26.9 Å². The molecule has 178 valence electrons. The monoisotopic (exact) mass is 484 g/mol. The second-order valence-corrected chi connectivity index (χ2v) is 9.01. The summed E-state index contributed by atoms with van der Waals surface area (Å²) in [6, 6.07) is 8.85. The van der Waals surface area contributed by atoms with Crippen molar-refractivity contribution in [3.8, 4) is 5.75 Å². The Kier molecular flexibility index (Phi) is 7.03. The molecule has 2 aromatic carbocycles. The fourth-order valence-electron chi connectivity index (χ4n) is 3.23. The van der Waals surface area contributed by atoms with Crippen molar-refractivity contribution < 1.29 is 35.5 Å². The topological polar surface area (TPSA) is 97.6 Å². The summed E-state index contributed by atoms with van der Waals surface area (Å²) >= 11 is 0. The first kappa shape index (κ1) is 24.6. The number of nitrogens with one attached hydrogen (secondary N) is 2. The van der Waals surface area contributed by atoms with Crippen molar-refractivity contribution in [2.45, 2.75) is 43.9 Å². The van der Waals surface area contributed by atoms with Crippen LogP contribution in [0.4, 0.5) is 13.2 Å². The van der Waals surface area contributed by atoms with Crippen LogP contribution < -0.4 is 14.8 Å². The SMILES string of the molecule is CCOc1cccc2cc(C(C)NC(=O)[C@H](C)NS(=O)(=O)c3ccccc3C(F)(F)F)oc12. The number of sulfonamides is 1. The summed E-state index contributed by atoms with van der Waals surface area (Å²) in [6.07, 6.45) is -4.87. The van der Waals surface area contributed by atoms with Gasteiger partial charge in [0.25, 0.3) is 0 Å². The Morgan fingerprint density at radius 2 is 1.82 bits per heavy atom. The maximum Gasteiger partial charge on any atom is 0.417 e. The highest BCUT2D eigenvalue weighted by atomic mass is 32.2. The third-order valence-corrected chi connectivity index (χ3v) is 6.42. The lowest BCUT2D eigenvalue weighted by Gasteiger charge is -2.19. The van der Waals surface area contributed by atoms with E-state index in [2.05, 4.69) is 5.32 Å². The number of hydrogen-bond acceptors (Lipinski definition) is 5. The number of alkyl halides is 3. The zero-order valence-corrected chi connectivity index (χ0v) is 18.9. The lowest BCUT2D eigenvalue weighted by molar-refractivity contribution is -0.139. The van der Waals surface area contributed by atoms with E-state index in [0.717, 1.165) is 17.5 Å². The Labute approximate surface area is 189 Å². The van der Waals surface area contributed by atoms with Crippen LogP contribution in [0.2, 0.25) is 0 Å². The fraction of sp³-hybridized carbons (Fsp3) is 0.318. The first-order chi connectivity index (χ1) is 15.4. The summed E-state index contributed by atoms with van der Waals surface area (Å²) in [5.74, 6) is 0.216. The first-order valence-electron chi connectivity index (χ1n) is 10.1. The number of carbonyl (C=O) groups excluding carboxylic acids is 1. The third kappa shape index (κ3) is 5.48. The number of ether oxygens (including phenoxy) is 1. The number of hydrogen-bond donors (Lipinski definition) is 2. The largest absolute Gasteiger partial charge is 0.490 e. The number of benzene rings is 2. The Morgan fingerprint density at radius 1 is 1.12 bits per heavy atom. The molecule has 0 fully saturated rings. The van der Waals surface area contributed by atoms with Crippen LogP contribution in [0.3, 0.4) is 0 Å². The average molecular weight is 484 g/mol. The van der Waals surface area contributed by atoms with Gasteiger partial charge in [-0.3, -0.25) is 4.79 Å². The van der Waals surface area contributed by atoms with E-state index in [-0.39, 0.29) is 0 Å². The van der Waals surface area contributed by atoms with Gasteiger partial charge in [-0.15, -0.1) is 0 Å². The van der Waals surface area contributed by atoms with Crippen LogP contribution in [0.15, 0.2) is 57.8 Å². The molecule has 2 N–H and O–H groups in total. The Balaban J connectivity index is 1.75. The molecule has 0 radical (unpaired) electrons. The average Bonchev–Trinajstić information content (AvgIpc) is 3.18. The molecule has 0 saturated heterocycles. The molecule has 1 unspecified atom stereocenters. The second kappa shape index (κ2) is 9.44. The van der Waals surface area contributed by atoms with Crippen LogP contribution in [0.25, 0.3) is 11.0 Å². The van der Waals surface area contributed by atoms with E-state index in [0.29, 0.717) is 29.8 Å². The van der Waals surface area contributed by atoms with Crippen molar-refractivity contribution in [1.82, 2.24) is 10.0 Å². The van der Waals surface area contributed by atoms with Gasteiger partial charge in [-0.2, -0.15) is 17.9 Å². The summed E-state index contributed by atoms with van der Waals surface area (Å²) in [4.78, 5) is 11.6. The molecule has 0 aliphatic heterocycles. The van der Waals surface area contributed by atoms with E-state index in [1.54, 1.807) is 25.1 Å². The Bertz CT molecular complexity index is 1250. The normalized spacial score (nSPS) is 14.1. The number of fused-ring (bicyclic) bond motifs is 1. The number of amides is 1. The molecular weight excluding hydrogens is 461 g/mol. The molecule has 3 rings (SSSR count). The van der Waals surface area contributed by atoms with E-state index in [4.69, 9.17) is 9.15 Å². The molecule has 0 aliphatic rings. The van der Waals surface area contributed by atoms with Gasteiger partial charge in [0.1, 0.15) is 5.76 Å². The molecule has 1 heterocycles. The first-order valence-corrected chi connectivity index (χ1v) is 11.6. The fourth-order valence-corrected chi connectivity index (χ4v) is 4.66. The molecule has 1 aromatic heterocycles. The van der Waals surface area contributed by atoms with Gasteiger partial charge in [0, 0.05) is 5.39 Å². The summed E-state index contributed by atoms with van der Waals surface area (Å²) in [5, 5.41) is 3.36. The van der Waals surface area contributed by atoms with Gasteiger partial charge >= 0.3 is 6.18 Å². The quantitative estimate of drug-likeness (QED) is 0.494. The van der Waals surface area contributed by atoms with Gasteiger partial charge in [0.2, 0.25) is 15.9 Å². The zero-order chi connectivity index (χ0) is 24.4. The highest BCUT2D eigenvalue weighted by molar-refractivity contribution is 7.89. The molecule has 33 heavy (non-hydrogen) atoms. The van der Waals surface area contributed by atoms with Gasteiger partial charge in [0.05, 0.1) is 29.1 Å². The highest BCUT2D eigenvalue weighted by Gasteiger charge is 2.37. The lowest BCUT2D eigenvalue weighted by Crippen LogP contribution is -2.45. The van der Waals surface area contributed by atoms with Crippen LogP contribution in [0.5, 0.6) is 5.75 Å². The number of para-hydroxylation sites is 1. The second-order valence-electron chi connectivity index (χ2n) is 7.32. The van der Waals surface area contributed by atoms with Gasteiger partial charge in [-0.05, 0) is 45.0 Å². The maximum atomic E-state index is 13.2. The van der Waals surface area contributed by atoms with Crippen LogP contribution in [-0.2, 0) is 21.0 Å². The molecule has 1 amide bonds. The number of furan rings is 1. The Hall–Kier alpha value is -3.05. The number of carbonyl (C=O) groups is 1. The van der Waals surface area contributed by atoms with Gasteiger partial charge in [-0.1, -0.05) is 24.3 Å². The number of halogens is 3. The minimum atomic E-state index is -4.87. The number of rotatable bonds is 8. The maximum absolute atomic E-state index is 13.2. The van der Waals surface area contributed by atoms with Crippen molar-refractivity contribution in [2.75, 3.05) is 6.61 Å². The van der Waals surface area contributed by atoms with Crippen molar-refractivity contribution in [2.24, 2.45) is 0 Å². The van der Waals surface area contributed by atoms with Crippen molar-refractivity contribution in [1.29, 1.82) is 0 Å². The molecular formula is C22H23F3N2O5S. The highest BCUT2D eigenvalue weighted by Crippen LogP contribution is 2.34. The van der Waals surface area contributed by atoms with Crippen molar-refractivity contribution in [3.05, 3.63) is 59.9 Å². The van der Waals surface area contributed by atoms with E-state index >= 15 is 0 Å². The molecule has 0 bridgehead atoms. The minimum absolute atomic E-state index is 0.406. The summed E-state index contributed by atoms with van der Waals surface area (Å²) in [7, 11) is -4.62. The van der Waals surface area contributed by atoms with Crippen LogP contribution in [0, 0.1) is 0 Å². The molecule has 2 atom stereocenters. The van der Waals surface area contributed by atoms with Crippen LogP contribution in [-0.4, -0.2) is 27.0 Å². The predicted molar refractivity (Wildman–Crippen MR) is 115 cm³/mol. The molecule has 11 heteroatoms. The lowest BCUT2D eigenvalue weighted by atomic mass is 10.2. The van der Waals surface area contributed by atoms with Gasteiger partial charge < -0.3 is 14.5 Å². The zero-order valence-electron chi connectivity index (χ0n) is 18.1. The minimum Gasteiger partial charge on any atom is -0.490 e. The third-order valence-electron chi connectivity index (χ3n) is 4.82. The smallest absolute Gasteiger partial charge is 0.417 e. The van der Waals surface area contributed by atoms with Crippen LogP contribution in [0.1, 0.15) is 38.1 Å². The molecule has 7 nitrogen and oxygen atoms in total. The van der Waals surface area contributed by atoms with Crippen LogP contribution >= 0.6 is 0 Å². The van der Waals surface area contributed by atoms with Gasteiger partial charge in [-0.25, -0.2) is 8.42 Å². The molecule has 0 aliphatic carbocycles. The van der Waals surface area contributed by atoms with E-state index in [9.17, 15) is 26.4 Å². The molecule has 0 spiro atoms. The van der Waals surface area contributed by atoms with E-state index < -0.39 is 44.6 Å². The predicted octanol–water partition coefficient (Wildman–Crippen LogP) is 4.39. The summed E-state index contributed by atoms with van der Waals surface area (Å²) in [5.41, 5.74) is -0.807. The molecule has 0 saturated carbocycles.